The van der Waals surface area contributed by atoms with Crippen LogP contribution >= 0.6 is 11.8 Å². The molecule has 1 atom stereocenters. The van der Waals surface area contributed by atoms with E-state index < -0.39 is 15.8 Å². The highest BCUT2D eigenvalue weighted by atomic mass is 32.2. The normalized spacial score (nSPS) is 20.1. The zero-order valence-corrected chi connectivity index (χ0v) is 12.9. The van der Waals surface area contributed by atoms with Gasteiger partial charge in [-0.05, 0) is 43.2 Å². The van der Waals surface area contributed by atoms with E-state index in [0.29, 0.717) is 0 Å². The Morgan fingerprint density at radius 3 is 2.85 bits per heavy atom. The van der Waals surface area contributed by atoms with E-state index in [1.54, 1.807) is 11.8 Å². The molecule has 2 N–H and O–H groups in total. The molecule has 0 aromatic heterocycles. The van der Waals surface area contributed by atoms with Crippen LogP contribution < -0.4 is 4.72 Å². The fourth-order valence-corrected chi connectivity index (χ4v) is 4.95. The first-order valence-corrected chi connectivity index (χ1v) is 9.08. The van der Waals surface area contributed by atoms with Crippen LogP contribution in [0.3, 0.4) is 0 Å². The summed E-state index contributed by atoms with van der Waals surface area (Å²) in [6.45, 7) is 1.04. The minimum Gasteiger partial charge on any atom is -0.392 e. The smallest absolute Gasteiger partial charge is 0.241 e. The molecule has 2 rings (SSSR count). The number of hydrogen-bond acceptors (Lipinski definition) is 4. The number of hydrogen-bond donors (Lipinski definition) is 2. The van der Waals surface area contributed by atoms with Crippen molar-refractivity contribution < 1.29 is 17.9 Å². The molecule has 1 unspecified atom stereocenters. The van der Waals surface area contributed by atoms with Gasteiger partial charge in [0, 0.05) is 17.4 Å². The van der Waals surface area contributed by atoms with E-state index in [4.69, 9.17) is 5.11 Å². The molecule has 1 aromatic carbocycles. The zero-order chi connectivity index (χ0) is 14.8. The van der Waals surface area contributed by atoms with Gasteiger partial charge in [0.1, 0.15) is 5.82 Å². The lowest BCUT2D eigenvalue weighted by Crippen LogP contribution is -2.38. The minimum atomic E-state index is -3.76. The van der Waals surface area contributed by atoms with Gasteiger partial charge in [0.15, 0.2) is 0 Å². The second kappa shape index (κ2) is 6.43. The molecule has 112 valence electrons. The topological polar surface area (TPSA) is 66.4 Å². The molecule has 1 saturated heterocycles. The third kappa shape index (κ3) is 3.52. The van der Waals surface area contributed by atoms with Crippen LogP contribution in [-0.2, 0) is 16.6 Å². The number of rotatable bonds is 4. The van der Waals surface area contributed by atoms with Crippen molar-refractivity contribution >= 4 is 21.8 Å². The van der Waals surface area contributed by atoms with Gasteiger partial charge in [-0.1, -0.05) is 0 Å². The Balaban J connectivity index is 2.30. The van der Waals surface area contributed by atoms with E-state index in [1.165, 1.54) is 13.0 Å². The largest absolute Gasteiger partial charge is 0.392 e. The average molecular weight is 319 g/mol. The monoisotopic (exact) mass is 319 g/mol. The summed E-state index contributed by atoms with van der Waals surface area (Å²) >= 11 is 1.71. The molecule has 1 aromatic rings. The van der Waals surface area contributed by atoms with Gasteiger partial charge in [0.2, 0.25) is 10.0 Å². The van der Waals surface area contributed by atoms with Crippen molar-refractivity contribution in [1.82, 2.24) is 4.72 Å². The SMILES string of the molecule is Cc1c(F)cc(CO)cc1S(=O)(=O)NC1CCCSC1. The lowest BCUT2D eigenvalue weighted by atomic mass is 10.1. The van der Waals surface area contributed by atoms with E-state index in [9.17, 15) is 12.8 Å². The Morgan fingerprint density at radius 2 is 2.25 bits per heavy atom. The Hall–Kier alpha value is -0.630. The first-order chi connectivity index (χ1) is 9.44. The van der Waals surface area contributed by atoms with Crippen LogP contribution in [0, 0.1) is 12.7 Å². The van der Waals surface area contributed by atoms with Crippen molar-refractivity contribution in [1.29, 1.82) is 0 Å². The van der Waals surface area contributed by atoms with Gasteiger partial charge in [0.25, 0.3) is 0 Å². The van der Waals surface area contributed by atoms with Crippen molar-refractivity contribution in [2.24, 2.45) is 0 Å². The van der Waals surface area contributed by atoms with E-state index in [-0.39, 0.29) is 28.7 Å². The molecule has 4 nitrogen and oxygen atoms in total. The summed E-state index contributed by atoms with van der Waals surface area (Å²) in [7, 11) is -3.76. The lowest BCUT2D eigenvalue weighted by Gasteiger charge is -2.23. The maximum Gasteiger partial charge on any atom is 0.241 e. The number of aliphatic hydroxyl groups is 1. The van der Waals surface area contributed by atoms with E-state index in [1.807, 2.05) is 0 Å². The van der Waals surface area contributed by atoms with Crippen molar-refractivity contribution in [3.63, 3.8) is 0 Å². The molecule has 1 aliphatic heterocycles. The van der Waals surface area contributed by atoms with Crippen LogP contribution in [0.1, 0.15) is 24.0 Å². The molecule has 0 radical (unpaired) electrons. The fraction of sp³-hybridized carbons (Fsp3) is 0.538. The molecule has 1 heterocycles. The molecule has 0 spiro atoms. The van der Waals surface area contributed by atoms with E-state index in [0.717, 1.165) is 30.4 Å². The highest BCUT2D eigenvalue weighted by Crippen LogP contribution is 2.23. The lowest BCUT2D eigenvalue weighted by molar-refractivity contribution is 0.281. The van der Waals surface area contributed by atoms with Gasteiger partial charge in [-0.25, -0.2) is 17.5 Å². The summed E-state index contributed by atoms with van der Waals surface area (Å²) < 4.78 is 41.1. The van der Waals surface area contributed by atoms with Crippen molar-refractivity contribution in [3.8, 4) is 0 Å². The number of aliphatic hydroxyl groups excluding tert-OH is 1. The molecule has 0 aliphatic carbocycles. The Kier molecular flexibility index (Phi) is 5.06. The predicted octanol–water partition coefficient (Wildman–Crippen LogP) is 1.80. The van der Waals surface area contributed by atoms with Crippen molar-refractivity contribution in [2.75, 3.05) is 11.5 Å². The molecule has 20 heavy (non-hydrogen) atoms. The second-order valence-corrected chi connectivity index (χ2v) is 7.73. The standard InChI is InChI=1S/C13H18FNO3S2/c1-9-12(14)5-10(7-16)6-13(9)20(17,18)15-11-3-2-4-19-8-11/h5-6,11,15-16H,2-4,7-8H2,1H3. The Labute approximate surface area is 122 Å². The first-order valence-electron chi connectivity index (χ1n) is 6.44. The Morgan fingerprint density at radius 1 is 1.50 bits per heavy atom. The first kappa shape index (κ1) is 15.8. The summed E-state index contributed by atoms with van der Waals surface area (Å²) in [6.07, 6.45) is 1.77. The van der Waals surface area contributed by atoms with Crippen LogP contribution in [0.4, 0.5) is 4.39 Å². The fourth-order valence-electron chi connectivity index (χ4n) is 2.19. The molecule has 0 saturated carbocycles. The number of nitrogens with one attached hydrogen (secondary N) is 1. The Bertz CT molecular complexity index is 584. The molecule has 1 aliphatic rings. The molecular weight excluding hydrogens is 301 g/mol. The maximum atomic E-state index is 13.7. The summed E-state index contributed by atoms with van der Waals surface area (Å²) in [5.41, 5.74) is 0.338. The number of thioether (sulfide) groups is 1. The number of sulfonamides is 1. The molecule has 0 amide bonds. The second-order valence-electron chi connectivity index (χ2n) is 4.89. The van der Waals surface area contributed by atoms with Crippen LogP contribution in [-0.4, -0.2) is 31.1 Å². The van der Waals surface area contributed by atoms with Crippen LogP contribution in [0.5, 0.6) is 0 Å². The van der Waals surface area contributed by atoms with Gasteiger partial charge < -0.3 is 5.11 Å². The maximum absolute atomic E-state index is 13.7. The molecule has 1 fully saturated rings. The third-order valence-corrected chi connectivity index (χ3v) is 6.17. The number of halogens is 1. The van der Waals surface area contributed by atoms with Gasteiger partial charge in [-0.3, -0.25) is 0 Å². The third-order valence-electron chi connectivity index (χ3n) is 3.31. The predicted molar refractivity (Wildman–Crippen MR) is 77.7 cm³/mol. The van der Waals surface area contributed by atoms with Crippen LogP contribution in [0.25, 0.3) is 0 Å². The molecular formula is C13H18FNO3S2. The van der Waals surface area contributed by atoms with Gasteiger partial charge >= 0.3 is 0 Å². The summed E-state index contributed by atoms with van der Waals surface area (Å²) in [5, 5.41) is 9.08. The summed E-state index contributed by atoms with van der Waals surface area (Å²) in [6, 6.07) is 2.38. The van der Waals surface area contributed by atoms with Crippen LogP contribution in [0.2, 0.25) is 0 Å². The number of benzene rings is 1. The molecule has 7 heteroatoms. The van der Waals surface area contributed by atoms with Gasteiger partial charge in [-0.15, -0.1) is 0 Å². The highest BCUT2D eigenvalue weighted by molar-refractivity contribution is 7.99. The summed E-state index contributed by atoms with van der Waals surface area (Å²) in [4.78, 5) is -0.0860. The van der Waals surface area contributed by atoms with Crippen molar-refractivity contribution in [3.05, 3.63) is 29.1 Å². The van der Waals surface area contributed by atoms with E-state index >= 15 is 0 Å². The zero-order valence-electron chi connectivity index (χ0n) is 11.2. The van der Waals surface area contributed by atoms with Crippen LogP contribution in [0.15, 0.2) is 17.0 Å². The quantitative estimate of drug-likeness (QED) is 0.888. The minimum absolute atomic E-state index is 0.0816. The summed E-state index contributed by atoms with van der Waals surface area (Å²) in [5.74, 6) is 1.17. The molecule has 0 bridgehead atoms. The average Bonchev–Trinajstić information content (AvgIpc) is 2.42. The van der Waals surface area contributed by atoms with Crippen molar-refractivity contribution in [2.45, 2.75) is 37.3 Å². The van der Waals surface area contributed by atoms with Gasteiger partial charge in [0.05, 0.1) is 11.5 Å². The van der Waals surface area contributed by atoms with E-state index in [2.05, 4.69) is 4.72 Å². The van der Waals surface area contributed by atoms with Gasteiger partial charge in [-0.2, -0.15) is 11.8 Å². The highest BCUT2D eigenvalue weighted by Gasteiger charge is 2.25.